The van der Waals surface area contributed by atoms with Crippen LogP contribution in [0, 0.1) is 6.92 Å². The minimum Gasteiger partial charge on any atom is -0.493 e. The Hall–Kier alpha value is -3.85. The van der Waals surface area contributed by atoms with Crippen molar-refractivity contribution in [2.24, 2.45) is 5.73 Å². The fourth-order valence-electron chi connectivity index (χ4n) is 4.89. The molecule has 0 amide bonds. The Kier molecular flexibility index (Phi) is 9.82. The van der Waals surface area contributed by atoms with Crippen molar-refractivity contribution in [2.45, 2.75) is 71.4 Å². The molecule has 4 rings (SSSR count). The van der Waals surface area contributed by atoms with Gasteiger partial charge in [-0.05, 0) is 87.9 Å². The topological polar surface area (TPSA) is 128 Å². The molecule has 3 N–H and O–H groups in total. The number of nitrogens with zero attached hydrogens (tertiary/aromatic N) is 2. The van der Waals surface area contributed by atoms with E-state index in [-0.39, 0.29) is 18.9 Å². The normalized spacial score (nSPS) is 14.3. The molecular formula is C31H39N3O6. The van der Waals surface area contributed by atoms with Gasteiger partial charge in [0, 0.05) is 37.2 Å². The van der Waals surface area contributed by atoms with Gasteiger partial charge in [-0.15, -0.1) is 0 Å². The van der Waals surface area contributed by atoms with Gasteiger partial charge >= 0.3 is 11.9 Å². The highest BCUT2D eigenvalue weighted by Crippen LogP contribution is 2.29. The van der Waals surface area contributed by atoms with E-state index in [0.717, 1.165) is 30.1 Å². The Labute approximate surface area is 235 Å². The lowest BCUT2D eigenvalue weighted by Crippen LogP contribution is -2.29. The summed E-state index contributed by atoms with van der Waals surface area (Å²) in [5, 5.41) is 9.12. The Balaban J connectivity index is 1.43. The first-order valence-electron chi connectivity index (χ1n) is 14.0. The number of rotatable bonds is 12. The quantitative estimate of drug-likeness (QED) is 0.292. The summed E-state index contributed by atoms with van der Waals surface area (Å²) < 4.78 is 17.3. The second-order valence-electron chi connectivity index (χ2n) is 10.4. The minimum absolute atomic E-state index is 0.0755. The largest absolute Gasteiger partial charge is 0.493 e. The highest BCUT2D eigenvalue weighted by atomic mass is 16.5. The molecule has 9 nitrogen and oxygen atoms in total. The van der Waals surface area contributed by atoms with E-state index < -0.39 is 18.0 Å². The molecule has 214 valence electrons. The number of carboxylic acids is 1. The maximum Gasteiger partial charge on any atom is 0.327 e. The Morgan fingerprint density at radius 3 is 2.60 bits per heavy atom. The number of oxazole rings is 1. The second kappa shape index (κ2) is 13.5. The van der Waals surface area contributed by atoms with E-state index in [1.807, 2.05) is 19.1 Å². The number of esters is 1. The summed E-state index contributed by atoms with van der Waals surface area (Å²) in [6.45, 7) is 7.87. The number of hydrogen-bond acceptors (Lipinski definition) is 8. The number of carbonyl (C=O) groups excluding carboxylic acids is 1. The van der Waals surface area contributed by atoms with Crippen LogP contribution in [0.3, 0.4) is 0 Å². The molecule has 40 heavy (non-hydrogen) atoms. The van der Waals surface area contributed by atoms with E-state index >= 15 is 0 Å². The number of ether oxygens (including phenoxy) is 2. The predicted octanol–water partition coefficient (Wildman–Crippen LogP) is 5.23. The van der Waals surface area contributed by atoms with Crippen molar-refractivity contribution in [2.75, 3.05) is 24.6 Å². The molecule has 9 heteroatoms. The second-order valence-corrected chi connectivity index (χ2v) is 10.4. The van der Waals surface area contributed by atoms with Crippen LogP contribution in [-0.4, -0.2) is 47.8 Å². The van der Waals surface area contributed by atoms with E-state index in [9.17, 15) is 9.59 Å². The molecule has 2 aromatic carbocycles. The zero-order valence-electron chi connectivity index (χ0n) is 23.5. The summed E-state index contributed by atoms with van der Waals surface area (Å²) in [5.74, 6) is 0.359. The van der Waals surface area contributed by atoms with Crippen LogP contribution in [0.25, 0.3) is 11.5 Å². The van der Waals surface area contributed by atoms with Gasteiger partial charge in [0.25, 0.3) is 0 Å². The van der Waals surface area contributed by atoms with E-state index in [1.165, 1.54) is 24.9 Å². The van der Waals surface area contributed by atoms with Crippen molar-refractivity contribution < 1.29 is 28.6 Å². The molecule has 1 saturated heterocycles. The van der Waals surface area contributed by atoms with Crippen molar-refractivity contribution in [3.05, 3.63) is 65.0 Å². The molecule has 1 unspecified atom stereocenters. The van der Waals surface area contributed by atoms with Crippen LogP contribution < -0.4 is 15.4 Å². The molecule has 0 radical (unpaired) electrons. The molecule has 0 bridgehead atoms. The number of carboxylic acid groups (broad SMARTS) is 1. The monoisotopic (exact) mass is 549 g/mol. The number of piperidine rings is 1. The van der Waals surface area contributed by atoms with Gasteiger partial charge in [0.05, 0.1) is 18.4 Å². The fourth-order valence-corrected chi connectivity index (χ4v) is 4.89. The molecule has 2 heterocycles. The first kappa shape index (κ1) is 29.1. The van der Waals surface area contributed by atoms with Crippen LogP contribution in [0.2, 0.25) is 0 Å². The van der Waals surface area contributed by atoms with Crippen molar-refractivity contribution in [3.8, 4) is 17.2 Å². The molecule has 1 aliphatic rings. The molecule has 1 fully saturated rings. The highest BCUT2D eigenvalue weighted by Gasteiger charge is 2.23. The Bertz CT molecular complexity index is 1310. The molecule has 0 saturated carbocycles. The van der Waals surface area contributed by atoms with Gasteiger partial charge in [-0.25, -0.2) is 9.78 Å². The smallest absolute Gasteiger partial charge is 0.327 e. The van der Waals surface area contributed by atoms with Crippen molar-refractivity contribution in [1.29, 1.82) is 0 Å². The minimum atomic E-state index is -1.05. The number of anilines is 1. The third kappa shape index (κ3) is 7.63. The van der Waals surface area contributed by atoms with E-state index in [4.69, 9.17) is 29.7 Å². The van der Waals surface area contributed by atoms with Crippen LogP contribution in [0.15, 0.2) is 46.9 Å². The molecule has 1 aliphatic heterocycles. The first-order valence-corrected chi connectivity index (χ1v) is 14.0. The summed E-state index contributed by atoms with van der Waals surface area (Å²) in [7, 11) is 0. The highest BCUT2D eigenvalue weighted by molar-refractivity contribution is 5.78. The number of hydrogen-bond donors (Lipinski definition) is 2. The van der Waals surface area contributed by atoms with Gasteiger partial charge in [0.15, 0.2) is 0 Å². The maximum atomic E-state index is 12.5. The fraction of sp³-hybridized carbons (Fsp3) is 0.452. The summed E-state index contributed by atoms with van der Waals surface area (Å²) in [4.78, 5) is 30.8. The van der Waals surface area contributed by atoms with Crippen LogP contribution in [0.4, 0.5) is 5.69 Å². The van der Waals surface area contributed by atoms with Gasteiger partial charge in [-0.3, -0.25) is 4.79 Å². The van der Waals surface area contributed by atoms with E-state index in [0.29, 0.717) is 35.8 Å². The van der Waals surface area contributed by atoms with Gasteiger partial charge < -0.3 is 29.6 Å². The van der Waals surface area contributed by atoms with Crippen LogP contribution >= 0.6 is 0 Å². The van der Waals surface area contributed by atoms with Crippen LogP contribution in [-0.2, 0) is 27.2 Å². The maximum absolute atomic E-state index is 12.5. The average Bonchev–Trinajstić information content (AvgIpc) is 3.32. The first-order chi connectivity index (χ1) is 19.2. The number of carbonyl (C=O) groups is 2. The number of aromatic nitrogens is 1. The Morgan fingerprint density at radius 2 is 1.88 bits per heavy atom. The van der Waals surface area contributed by atoms with Crippen molar-refractivity contribution in [3.63, 3.8) is 0 Å². The van der Waals surface area contributed by atoms with E-state index in [1.54, 1.807) is 32.0 Å². The molecular weight excluding hydrogens is 510 g/mol. The number of benzene rings is 2. The zero-order valence-corrected chi connectivity index (χ0v) is 23.5. The number of aryl methyl sites for hydroxylation is 2. The molecule has 0 aliphatic carbocycles. The predicted molar refractivity (Wildman–Crippen MR) is 152 cm³/mol. The SMILES string of the molecule is Cc1oc(-c2cccc(N3CCCCC3)c2)nc1CCOc1ccc(CCC(=O)O)c(C(N)C(=O)OC(C)C)c1. The third-order valence-electron chi connectivity index (χ3n) is 6.98. The van der Waals surface area contributed by atoms with Gasteiger partial charge in [0.2, 0.25) is 5.89 Å². The summed E-state index contributed by atoms with van der Waals surface area (Å²) in [6.07, 6.45) is 4.09. The molecule has 1 atom stereocenters. The average molecular weight is 550 g/mol. The molecule has 3 aromatic rings. The standard InChI is InChI=1S/C31H39N3O6/c1-20(2)39-31(37)29(32)26-19-25(12-10-22(26)11-13-28(35)36)38-17-14-27-21(3)40-30(33-27)23-8-7-9-24(18-23)34-15-5-4-6-16-34/h7-10,12,18-20,29H,4-6,11,13-17,32H2,1-3H3,(H,35,36). The summed E-state index contributed by atoms with van der Waals surface area (Å²) in [6, 6.07) is 12.5. The molecule has 1 aromatic heterocycles. The number of aliphatic carboxylic acids is 1. The number of nitrogens with two attached hydrogens (primary N) is 1. The van der Waals surface area contributed by atoms with Gasteiger partial charge in [-0.2, -0.15) is 0 Å². The summed E-state index contributed by atoms with van der Waals surface area (Å²) >= 11 is 0. The summed E-state index contributed by atoms with van der Waals surface area (Å²) in [5.41, 5.74) is 10.3. The molecule has 0 spiro atoms. The lowest BCUT2D eigenvalue weighted by molar-refractivity contribution is -0.149. The zero-order chi connectivity index (χ0) is 28.6. The van der Waals surface area contributed by atoms with Gasteiger partial charge in [-0.1, -0.05) is 12.1 Å². The third-order valence-corrected chi connectivity index (χ3v) is 6.98. The van der Waals surface area contributed by atoms with Crippen LogP contribution in [0.1, 0.15) is 68.2 Å². The van der Waals surface area contributed by atoms with Crippen LogP contribution in [0.5, 0.6) is 5.75 Å². The van der Waals surface area contributed by atoms with Crippen molar-refractivity contribution >= 4 is 17.6 Å². The van der Waals surface area contributed by atoms with Crippen molar-refractivity contribution in [1.82, 2.24) is 4.98 Å². The Morgan fingerprint density at radius 1 is 1.10 bits per heavy atom. The lowest BCUT2D eigenvalue weighted by atomic mass is 9.97. The van der Waals surface area contributed by atoms with Gasteiger partial charge in [0.1, 0.15) is 17.6 Å². The van der Waals surface area contributed by atoms with E-state index in [2.05, 4.69) is 17.0 Å². The lowest BCUT2D eigenvalue weighted by Gasteiger charge is -2.28.